The normalized spacial score (nSPS) is 12.2. The number of aryl methyl sites for hydroxylation is 1. The highest BCUT2D eigenvalue weighted by molar-refractivity contribution is 7.80. The first-order valence-electron chi connectivity index (χ1n) is 4.80. The van der Waals surface area contributed by atoms with E-state index in [1.807, 2.05) is 32.0 Å². The summed E-state index contributed by atoms with van der Waals surface area (Å²) in [5, 5.41) is 4.09. The summed E-state index contributed by atoms with van der Waals surface area (Å²) in [6, 6.07) is 6.00. The maximum absolute atomic E-state index is 5.87. The third-order valence-electron chi connectivity index (χ3n) is 2.10. The topological polar surface area (TPSA) is 38.0 Å². The molecule has 1 aromatic rings. The molecule has 0 saturated carbocycles. The maximum Gasteiger partial charge on any atom is 0.0747 e. The summed E-state index contributed by atoms with van der Waals surface area (Å²) in [5.74, 6) is 0. The Balaban J connectivity index is 2.68. The molecule has 0 bridgehead atoms. The average molecular weight is 243 g/mol. The van der Waals surface area contributed by atoms with Gasteiger partial charge in [0.15, 0.2) is 0 Å². The molecule has 0 fully saturated rings. The predicted molar refractivity (Wildman–Crippen MR) is 70.7 cm³/mol. The Labute approximate surface area is 101 Å². The van der Waals surface area contributed by atoms with Crippen LogP contribution in [0.3, 0.4) is 0 Å². The second kappa shape index (κ2) is 5.33. The van der Waals surface area contributed by atoms with Crippen molar-refractivity contribution in [1.29, 1.82) is 0 Å². The smallest absolute Gasteiger partial charge is 0.0747 e. The molecule has 4 heteroatoms. The van der Waals surface area contributed by atoms with Crippen molar-refractivity contribution in [3.8, 4) is 0 Å². The SMILES string of the molecule is Cc1cc(Cl)ccc1NC(C)CC(N)=S. The molecule has 82 valence electrons. The van der Waals surface area contributed by atoms with Crippen LogP contribution in [0.25, 0.3) is 0 Å². The van der Waals surface area contributed by atoms with E-state index in [0.717, 1.165) is 16.3 Å². The van der Waals surface area contributed by atoms with Gasteiger partial charge in [-0.3, -0.25) is 0 Å². The minimum absolute atomic E-state index is 0.238. The summed E-state index contributed by atoms with van der Waals surface area (Å²) >= 11 is 10.7. The van der Waals surface area contributed by atoms with Gasteiger partial charge in [-0.1, -0.05) is 23.8 Å². The van der Waals surface area contributed by atoms with E-state index in [0.29, 0.717) is 11.4 Å². The second-order valence-corrected chi connectivity index (χ2v) is 4.64. The quantitative estimate of drug-likeness (QED) is 0.797. The predicted octanol–water partition coefficient (Wildman–Crippen LogP) is 3.13. The number of nitrogens with two attached hydrogens (primary N) is 1. The van der Waals surface area contributed by atoms with E-state index in [1.54, 1.807) is 0 Å². The fraction of sp³-hybridized carbons (Fsp3) is 0.364. The molecule has 1 rings (SSSR count). The lowest BCUT2D eigenvalue weighted by Crippen LogP contribution is -2.23. The molecular formula is C11H15ClN2S. The van der Waals surface area contributed by atoms with Crippen LogP contribution in [-0.2, 0) is 0 Å². The number of benzene rings is 1. The third kappa shape index (κ3) is 4.06. The lowest BCUT2D eigenvalue weighted by molar-refractivity contribution is 0.838. The maximum atomic E-state index is 5.87. The fourth-order valence-corrected chi connectivity index (χ4v) is 1.88. The molecule has 0 heterocycles. The fourth-order valence-electron chi connectivity index (χ4n) is 1.41. The molecule has 1 aromatic carbocycles. The van der Waals surface area contributed by atoms with Gasteiger partial charge in [-0.15, -0.1) is 0 Å². The molecular weight excluding hydrogens is 228 g/mol. The van der Waals surface area contributed by atoms with E-state index in [2.05, 4.69) is 5.32 Å². The number of rotatable bonds is 4. The zero-order chi connectivity index (χ0) is 11.4. The lowest BCUT2D eigenvalue weighted by atomic mass is 10.1. The van der Waals surface area contributed by atoms with Crippen LogP contribution in [0.5, 0.6) is 0 Å². The van der Waals surface area contributed by atoms with Crippen LogP contribution in [0.15, 0.2) is 18.2 Å². The van der Waals surface area contributed by atoms with Crippen molar-refractivity contribution < 1.29 is 0 Å². The van der Waals surface area contributed by atoms with Gasteiger partial charge in [0.2, 0.25) is 0 Å². The van der Waals surface area contributed by atoms with E-state index in [1.165, 1.54) is 0 Å². The number of halogens is 1. The molecule has 3 N–H and O–H groups in total. The minimum Gasteiger partial charge on any atom is -0.393 e. The van der Waals surface area contributed by atoms with Crippen molar-refractivity contribution >= 4 is 34.5 Å². The molecule has 2 nitrogen and oxygen atoms in total. The van der Waals surface area contributed by atoms with Gasteiger partial charge in [0.1, 0.15) is 0 Å². The number of thiocarbonyl (C=S) groups is 1. The molecule has 0 saturated heterocycles. The number of hydrogen-bond acceptors (Lipinski definition) is 2. The largest absolute Gasteiger partial charge is 0.393 e. The molecule has 0 aliphatic carbocycles. The molecule has 0 amide bonds. The Morgan fingerprint density at radius 2 is 2.27 bits per heavy atom. The van der Waals surface area contributed by atoms with Crippen LogP contribution >= 0.6 is 23.8 Å². The average Bonchev–Trinajstić information content (AvgIpc) is 2.08. The van der Waals surface area contributed by atoms with Crippen molar-refractivity contribution in [3.63, 3.8) is 0 Å². The first-order chi connectivity index (χ1) is 6.99. The Morgan fingerprint density at radius 1 is 1.60 bits per heavy atom. The van der Waals surface area contributed by atoms with Crippen LogP contribution < -0.4 is 11.1 Å². The molecule has 0 spiro atoms. The van der Waals surface area contributed by atoms with E-state index >= 15 is 0 Å². The molecule has 0 radical (unpaired) electrons. The number of nitrogens with one attached hydrogen (secondary N) is 1. The van der Waals surface area contributed by atoms with E-state index < -0.39 is 0 Å². The van der Waals surface area contributed by atoms with E-state index in [9.17, 15) is 0 Å². The highest BCUT2D eigenvalue weighted by Crippen LogP contribution is 2.20. The van der Waals surface area contributed by atoms with E-state index in [-0.39, 0.29) is 6.04 Å². The van der Waals surface area contributed by atoms with Crippen molar-refractivity contribution in [2.24, 2.45) is 5.73 Å². The summed E-state index contributed by atoms with van der Waals surface area (Å²) < 4.78 is 0. The summed E-state index contributed by atoms with van der Waals surface area (Å²) in [5.41, 5.74) is 7.67. The summed E-state index contributed by atoms with van der Waals surface area (Å²) in [6.45, 7) is 4.06. The molecule has 0 aliphatic rings. The van der Waals surface area contributed by atoms with Gasteiger partial charge < -0.3 is 11.1 Å². The van der Waals surface area contributed by atoms with Gasteiger partial charge in [-0.25, -0.2) is 0 Å². The van der Waals surface area contributed by atoms with Crippen LogP contribution in [0, 0.1) is 6.92 Å². The first-order valence-corrected chi connectivity index (χ1v) is 5.58. The highest BCUT2D eigenvalue weighted by Gasteiger charge is 2.05. The van der Waals surface area contributed by atoms with E-state index in [4.69, 9.17) is 29.6 Å². The van der Waals surface area contributed by atoms with Gasteiger partial charge in [-0.05, 0) is 37.6 Å². The van der Waals surface area contributed by atoms with Crippen molar-refractivity contribution in [2.75, 3.05) is 5.32 Å². The monoisotopic (exact) mass is 242 g/mol. The Kier molecular flexibility index (Phi) is 4.36. The van der Waals surface area contributed by atoms with Gasteiger partial charge in [0.05, 0.1) is 4.99 Å². The lowest BCUT2D eigenvalue weighted by Gasteiger charge is -2.16. The summed E-state index contributed by atoms with van der Waals surface area (Å²) in [6.07, 6.45) is 0.692. The highest BCUT2D eigenvalue weighted by atomic mass is 35.5. The zero-order valence-electron chi connectivity index (χ0n) is 8.88. The molecule has 15 heavy (non-hydrogen) atoms. The zero-order valence-corrected chi connectivity index (χ0v) is 10.5. The minimum atomic E-state index is 0.238. The second-order valence-electron chi connectivity index (χ2n) is 3.68. The van der Waals surface area contributed by atoms with Gasteiger partial charge in [0, 0.05) is 23.2 Å². The van der Waals surface area contributed by atoms with Gasteiger partial charge >= 0.3 is 0 Å². The molecule has 1 unspecified atom stereocenters. The van der Waals surface area contributed by atoms with Crippen molar-refractivity contribution in [3.05, 3.63) is 28.8 Å². The Morgan fingerprint density at radius 3 is 2.80 bits per heavy atom. The Hall–Kier alpha value is -0.800. The van der Waals surface area contributed by atoms with Crippen LogP contribution in [-0.4, -0.2) is 11.0 Å². The Bertz CT molecular complexity index is 366. The number of hydrogen-bond donors (Lipinski definition) is 2. The summed E-state index contributed by atoms with van der Waals surface area (Å²) in [7, 11) is 0. The van der Waals surface area contributed by atoms with Crippen LogP contribution in [0.2, 0.25) is 5.02 Å². The first kappa shape index (κ1) is 12.3. The molecule has 1 atom stereocenters. The van der Waals surface area contributed by atoms with Gasteiger partial charge in [-0.2, -0.15) is 0 Å². The standard InChI is InChI=1S/C11H15ClN2S/c1-7-5-9(12)3-4-10(7)14-8(2)6-11(13)15/h3-5,8,14H,6H2,1-2H3,(H2,13,15). The van der Waals surface area contributed by atoms with Gasteiger partial charge in [0.25, 0.3) is 0 Å². The van der Waals surface area contributed by atoms with Crippen LogP contribution in [0.1, 0.15) is 18.9 Å². The van der Waals surface area contributed by atoms with Crippen molar-refractivity contribution in [2.45, 2.75) is 26.3 Å². The van der Waals surface area contributed by atoms with Crippen molar-refractivity contribution in [1.82, 2.24) is 0 Å². The molecule has 0 aliphatic heterocycles. The molecule has 0 aromatic heterocycles. The number of anilines is 1. The van der Waals surface area contributed by atoms with Crippen LogP contribution in [0.4, 0.5) is 5.69 Å². The summed E-state index contributed by atoms with van der Waals surface area (Å²) in [4.78, 5) is 0.529. The third-order valence-corrected chi connectivity index (χ3v) is 2.50.